The minimum absolute atomic E-state index is 0.457. The highest BCUT2D eigenvalue weighted by Gasteiger charge is 2.26. The summed E-state index contributed by atoms with van der Waals surface area (Å²) in [5.74, 6) is 0.911. The maximum Gasteiger partial charge on any atom is 0.314 e. The first-order chi connectivity index (χ1) is 12.9. The Bertz CT molecular complexity index is 875. The van der Waals surface area contributed by atoms with E-state index in [1.807, 2.05) is 40.1 Å². The van der Waals surface area contributed by atoms with E-state index in [1.54, 1.807) is 16.4 Å². The fourth-order valence-electron chi connectivity index (χ4n) is 3.03. The van der Waals surface area contributed by atoms with Crippen LogP contribution in [0.25, 0.3) is 5.69 Å². The third-order valence-corrected chi connectivity index (χ3v) is 5.45. The van der Waals surface area contributed by atoms with E-state index in [0.29, 0.717) is 12.4 Å². The molecule has 0 atom stereocenters. The van der Waals surface area contributed by atoms with Crippen LogP contribution in [0.15, 0.2) is 18.2 Å². The van der Waals surface area contributed by atoms with Crippen LogP contribution >= 0.6 is 11.8 Å². The SMILES string of the molecule is Cc1ccc(-n2nc3c(c2NC(=O)C(=O)NCC[NH+](C)C)CSC3)c(C)c1. The number of carbonyl (C=O) groups is 2. The van der Waals surface area contributed by atoms with Gasteiger partial charge in [-0.15, -0.1) is 0 Å². The van der Waals surface area contributed by atoms with E-state index >= 15 is 0 Å². The summed E-state index contributed by atoms with van der Waals surface area (Å²) in [5, 5.41) is 10.2. The van der Waals surface area contributed by atoms with Gasteiger partial charge >= 0.3 is 11.8 Å². The lowest BCUT2D eigenvalue weighted by Crippen LogP contribution is -3.06. The maximum atomic E-state index is 12.4. The van der Waals surface area contributed by atoms with Crippen LogP contribution in [0, 0.1) is 13.8 Å². The number of quaternary nitrogens is 1. The number of benzene rings is 1. The Morgan fingerprint density at radius 1 is 1.22 bits per heavy atom. The summed E-state index contributed by atoms with van der Waals surface area (Å²) in [6.45, 7) is 5.27. The predicted octanol–water partition coefficient (Wildman–Crippen LogP) is 0.435. The molecule has 1 aliphatic rings. The Kier molecular flexibility index (Phi) is 5.86. The lowest BCUT2D eigenvalue weighted by Gasteiger charge is -2.13. The fraction of sp³-hybridized carbons (Fsp3) is 0.421. The zero-order valence-electron chi connectivity index (χ0n) is 16.2. The van der Waals surface area contributed by atoms with Crippen molar-refractivity contribution in [3.05, 3.63) is 40.6 Å². The number of fused-ring (bicyclic) bond motifs is 1. The second kappa shape index (κ2) is 8.14. The Labute approximate surface area is 163 Å². The number of aromatic nitrogens is 2. The number of nitrogens with one attached hydrogen (secondary N) is 3. The average molecular weight is 389 g/mol. The minimum atomic E-state index is -0.658. The van der Waals surface area contributed by atoms with Crippen LogP contribution in [-0.2, 0) is 21.1 Å². The predicted molar refractivity (Wildman–Crippen MR) is 107 cm³/mol. The van der Waals surface area contributed by atoms with Crippen molar-refractivity contribution in [1.82, 2.24) is 15.1 Å². The molecule has 0 aliphatic carbocycles. The van der Waals surface area contributed by atoms with Crippen LogP contribution < -0.4 is 15.5 Å². The van der Waals surface area contributed by atoms with Gasteiger partial charge < -0.3 is 15.5 Å². The molecule has 7 nitrogen and oxygen atoms in total. The molecule has 0 bridgehead atoms. The topological polar surface area (TPSA) is 80.5 Å². The molecule has 3 N–H and O–H groups in total. The fourth-order valence-corrected chi connectivity index (χ4v) is 4.06. The third kappa shape index (κ3) is 4.33. The molecule has 3 rings (SSSR count). The second-order valence-electron chi connectivity index (χ2n) is 7.14. The lowest BCUT2D eigenvalue weighted by atomic mass is 10.1. The average Bonchev–Trinajstić information content (AvgIpc) is 3.17. The number of likely N-dealkylation sites (N-methyl/N-ethyl adjacent to an activating group) is 1. The van der Waals surface area contributed by atoms with Crippen LogP contribution in [0.5, 0.6) is 0 Å². The summed E-state index contributed by atoms with van der Waals surface area (Å²) in [5.41, 5.74) is 5.11. The smallest absolute Gasteiger partial charge is 0.314 e. The Morgan fingerprint density at radius 3 is 2.70 bits per heavy atom. The minimum Gasteiger partial charge on any atom is -0.342 e. The molecule has 144 valence electrons. The summed E-state index contributed by atoms with van der Waals surface area (Å²) in [6, 6.07) is 6.10. The van der Waals surface area contributed by atoms with Gasteiger partial charge in [0.15, 0.2) is 0 Å². The number of thioether (sulfide) groups is 1. The number of amides is 2. The van der Waals surface area contributed by atoms with Gasteiger partial charge in [-0.3, -0.25) is 9.59 Å². The van der Waals surface area contributed by atoms with Gasteiger partial charge in [-0.1, -0.05) is 17.7 Å². The van der Waals surface area contributed by atoms with Gasteiger partial charge in [0, 0.05) is 17.1 Å². The maximum absolute atomic E-state index is 12.4. The summed E-state index contributed by atoms with van der Waals surface area (Å²) in [7, 11) is 3.99. The largest absolute Gasteiger partial charge is 0.342 e. The van der Waals surface area contributed by atoms with Crippen molar-refractivity contribution in [2.75, 3.05) is 32.5 Å². The highest BCUT2D eigenvalue weighted by molar-refractivity contribution is 7.98. The molecule has 0 saturated heterocycles. The van der Waals surface area contributed by atoms with Crippen molar-refractivity contribution in [2.24, 2.45) is 0 Å². The Morgan fingerprint density at radius 2 is 2.00 bits per heavy atom. The van der Waals surface area contributed by atoms with Crippen LogP contribution in [-0.4, -0.2) is 48.8 Å². The third-order valence-electron chi connectivity index (χ3n) is 4.48. The van der Waals surface area contributed by atoms with Gasteiger partial charge in [-0.2, -0.15) is 16.9 Å². The molecule has 2 heterocycles. The van der Waals surface area contributed by atoms with Crippen molar-refractivity contribution < 1.29 is 14.5 Å². The molecular weight excluding hydrogens is 362 g/mol. The molecule has 0 fully saturated rings. The van der Waals surface area contributed by atoms with E-state index < -0.39 is 11.8 Å². The molecule has 1 aromatic carbocycles. The van der Waals surface area contributed by atoms with E-state index in [-0.39, 0.29) is 0 Å². The van der Waals surface area contributed by atoms with Crippen molar-refractivity contribution in [3.63, 3.8) is 0 Å². The Balaban J connectivity index is 1.84. The summed E-state index contributed by atoms with van der Waals surface area (Å²) in [4.78, 5) is 25.8. The summed E-state index contributed by atoms with van der Waals surface area (Å²) < 4.78 is 1.76. The quantitative estimate of drug-likeness (QED) is 0.649. The zero-order valence-corrected chi connectivity index (χ0v) is 17.0. The van der Waals surface area contributed by atoms with E-state index in [0.717, 1.165) is 40.6 Å². The van der Waals surface area contributed by atoms with Crippen molar-refractivity contribution in [2.45, 2.75) is 25.4 Å². The molecule has 27 heavy (non-hydrogen) atoms. The molecule has 1 aliphatic heterocycles. The summed E-state index contributed by atoms with van der Waals surface area (Å²) in [6.07, 6.45) is 0. The number of hydrogen-bond acceptors (Lipinski definition) is 4. The Hall–Kier alpha value is -2.32. The van der Waals surface area contributed by atoms with Crippen LogP contribution in [0.4, 0.5) is 5.82 Å². The molecule has 8 heteroatoms. The molecule has 1 aromatic heterocycles. The number of hydrogen-bond donors (Lipinski definition) is 3. The van der Waals surface area contributed by atoms with Crippen molar-refractivity contribution in [1.29, 1.82) is 0 Å². The van der Waals surface area contributed by atoms with E-state index in [1.165, 1.54) is 10.5 Å². The van der Waals surface area contributed by atoms with Crippen LogP contribution in [0.3, 0.4) is 0 Å². The van der Waals surface area contributed by atoms with Gasteiger partial charge in [0.05, 0.1) is 38.6 Å². The molecule has 0 radical (unpaired) electrons. The van der Waals surface area contributed by atoms with E-state index in [4.69, 9.17) is 5.10 Å². The summed E-state index contributed by atoms with van der Waals surface area (Å²) >= 11 is 1.76. The number of rotatable bonds is 5. The molecule has 0 saturated carbocycles. The molecule has 2 aromatic rings. The van der Waals surface area contributed by atoms with Gasteiger partial charge in [-0.05, 0) is 25.5 Å². The van der Waals surface area contributed by atoms with Gasteiger partial charge in [0.25, 0.3) is 0 Å². The monoisotopic (exact) mass is 388 g/mol. The first-order valence-corrected chi connectivity index (χ1v) is 10.2. The highest BCUT2D eigenvalue weighted by atomic mass is 32.2. The highest BCUT2D eigenvalue weighted by Crippen LogP contribution is 2.36. The lowest BCUT2D eigenvalue weighted by molar-refractivity contribution is -0.856. The first-order valence-electron chi connectivity index (χ1n) is 9.01. The zero-order chi connectivity index (χ0) is 19.6. The number of anilines is 1. The van der Waals surface area contributed by atoms with Gasteiger partial charge in [0.1, 0.15) is 5.82 Å². The molecular formula is C19H26N5O2S+. The van der Waals surface area contributed by atoms with Crippen LogP contribution in [0.1, 0.15) is 22.4 Å². The standard InChI is InChI=1S/C19H25N5O2S/c1-12-5-6-16(13(2)9-12)24-17(14-10-27-11-15(14)22-24)21-19(26)18(25)20-7-8-23(3)4/h5-6,9H,7-8,10-11H2,1-4H3,(H,20,25)(H,21,26)/p+1. The number of aryl methyl sites for hydroxylation is 2. The first kappa shape index (κ1) is 19.4. The molecule has 2 amide bonds. The van der Waals surface area contributed by atoms with Gasteiger partial charge in [-0.25, -0.2) is 4.68 Å². The molecule has 0 unspecified atom stereocenters. The van der Waals surface area contributed by atoms with E-state index in [2.05, 4.69) is 16.7 Å². The van der Waals surface area contributed by atoms with E-state index in [9.17, 15) is 9.59 Å². The van der Waals surface area contributed by atoms with Crippen molar-refractivity contribution >= 4 is 29.4 Å². The second-order valence-corrected chi connectivity index (χ2v) is 8.12. The normalized spacial score (nSPS) is 12.9. The van der Waals surface area contributed by atoms with Gasteiger partial charge in [0.2, 0.25) is 0 Å². The molecule has 0 spiro atoms. The number of nitrogens with zero attached hydrogens (tertiary/aromatic N) is 2. The van der Waals surface area contributed by atoms with Crippen LogP contribution in [0.2, 0.25) is 0 Å². The van der Waals surface area contributed by atoms with Crippen molar-refractivity contribution in [3.8, 4) is 5.69 Å². The number of carbonyl (C=O) groups excluding carboxylic acids is 2.